The van der Waals surface area contributed by atoms with Crippen LogP contribution >= 0.6 is 12.2 Å². The van der Waals surface area contributed by atoms with Crippen LogP contribution in [0, 0.1) is 27.7 Å². The van der Waals surface area contributed by atoms with Crippen LogP contribution in [-0.2, 0) is 0 Å². The van der Waals surface area contributed by atoms with E-state index in [1.807, 2.05) is 18.3 Å². The van der Waals surface area contributed by atoms with Crippen LogP contribution in [0.25, 0.3) is 5.69 Å². The lowest BCUT2D eigenvalue weighted by molar-refractivity contribution is 0.315. The number of aryl methyl sites for hydroxylation is 3. The second-order valence-corrected chi connectivity index (χ2v) is 10.3. The van der Waals surface area contributed by atoms with Crippen molar-refractivity contribution in [2.45, 2.75) is 46.2 Å². The lowest BCUT2D eigenvalue weighted by Crippen LogP contribution is -2.31. The molecule has 190 valence electrons. The highest BCUT2D eigenvalue weighted by Crippen LogP contribution is 2.41. The van der Waals surface area contributed by atoms with E-state index in [4.69, 9.17) is 17.2 Å². The molecule has 1 aliphatic heterocycles. The minimum Gasteiger partial charge on any atom is -0.385 e. The Balaban J connectivity index is 1.49. The van der Waals surface area contributed by atoms with Crippen molar-refractivity contribution in [1.29, 1.82) is 0 Å². The van der Waals surface area contributed by atoms with Gasteiger partial charge in [-0.05, 0) is 93.4 Å². The molecule has 2 atom stereocenters. The van der Waals surface area contributed by atoms with Crippen LogP contribution in [0.15, 0.2) is 79.0 Å². The first-order chi connectivity index (χ1) is 18.0. The monoisotopic (exact) mass is 509 g/mol. The van der Waals surface area contributed by atoms with Gasteiger partial charge in [0.1, 0.15) is 0 Å². The molecule has 6 heteroatoms. The molecule has 0 aliphatic carbocycles. The van der Waals surface area contributed by atoms with Gasteiger partial charge in [0.05, 0.1) is 23.5 Å². The molecule has 1 fully saturated rings. The molecule has 2 N–H and O–H groups in total. The summed E-state index contributed by atoms with van der Waals surface area (Å²) in [4.78, 5) is 7.08. The molecule has 0 bridgehead atoms. The Morgan fingerprint density at radius 1 is 0.919 bits per heavy atom. The van der Waals surface area contributed by atoms with E-state index in [0.29, 0.717) is 0 Å². The Morgan fingerprint density at radius 2 is 1.65 bits per heavy atom. The highest BCUT2D eigenvalue weighted by molar-refractivity contribution is 7.80. The lowest BCUT2D eigenvalue weighted by Gasteiger charge is -2.28. The maximum Gasteiger partial charge on any atom is 0.170 e. The summed E-state index contributed by atoms with van der Waals surface area (Å²) in [5, 5.41) is 7.93. The maximum absolute atomic E-state index is 5.92. The number of rotatable bonds is 8. The third kappa shape index (κ3) is 4.98. The number of para-hydroxylation sites is 2. The number of hydrogen-bond donors (Lipinski definition) is 2. The first-order valence-electron chi connectivity index (χ1n) is 13.0. The zero-order valence-corrected chi connectivity index (χ0v) is 22.8. The van der Waals surface area contributed by atoms with E-state index in [0.717, 1.165) is 36.0 Å². The number of nitrogens with zero attached hydrogens (tertiary/aromatic N) is 3. The van der Waals surface area contributed by atoms with Crippen LogP contribution in [0.3, 0.4) is 0 Å². The number of hydrogen-bond acceptors (Lipinski definition) is 3. The van der Waals surface area contributed by atoms with Crippen molar-refractivity contribution in [2.75, 3.05) is 18.4 Å². The van der Waals surface area contributed by atoms with Crippen LogP contribution < -0.4 is 10.6 Å². The molecule has 2 aromatic carbocycles. The number of pyridine rings is 1. The summed E-state index contributed by atoms with van der Waals surface area (Å²) in [6.07, 6.45) is 2.83. The van der Waals surface area contributed by atoms with Crippen molar-refractivity contribution in [3.05, 3.63) is 113 Å². The summed E-state index contributed by atoms with van der Waals surface area (Å²) in [5.41, 5.74) is 9.75. The highest BCUT2D eigenvalue weighted by Gasteiger charge is 2.41. The standard InChI is InChI=1S/C31H35N5S/c1-21-12-10-13-22(2)29(21)36-23(3)20-26(24(36)4)30-28(27-16-8-9-17-33-27)34-31(37)35(30)19-11-18-32-25-14-6-5-7-15-25/h5-10,12-17,20,28,30,32H,11,18-19H2,1-4H3,(H,34,37)/t28-,30+/m0/s1. The SMILES string of the molecule is Cc1cccc(C)c1-n1c(C)cc([C@@H]2[C@H](c3ccccn3)NC(=S)N2CCCNc2ccccc2)c1C. The Bertz CT molecular complexity index is 1360. The fourth-order valence-electron chi connectivity index (χ4n) is 5.61. The van der Waals surface area contributed by atoms with Crippen LogP contribution in [0.5, 0.6) is 0 Å². The van der Waals surface area contributed by atoms with Crippen molar-refractivity contribution in [3.8, 4) is 5.69 Å². The summed E-state index contributed by atoms with van der Waals surface area (Å²) in [5.74, 6) is 0. The van der Waals surface area contributed by atoms with Gasteiger partial charge < -0.3 is 20.1 Å². The summed E-state index contributed by atoms with van der Waals surface area (Å²) in [6.45, 7) is 10.6. The molecular weight excluding hydrogens is 474 g/mol. The van der Waals surface area contributed by atoms with Gasteiger partial charge in [-0.3, -0.25) is 4.98 Å². The summed E-state index contributed by atoms with van der Waals surface area (Å²) in [7, 11) is 0. The number of anilines is 1. The largest absolute Gasteiger partial charge is 0.385 e. The second-order valence-electron chi connectivity index (χ2n) is 9.87. The highest BCUT2D eigenvalue weighted by atomic mass is 32.1. The minimum absolute atomic E-state index is 0.0114. The molecule has 37 heavy (non-hydrogen) atoms. The van der Waals surface area contributed by atoms with Gasteiger partial charge in [-0.1, -0.05) is 42.5 Å². The Hall–Kier alpha value is -3.64. The number of nitrogens with one attached hydrogen (secondary N) is 2. The Kier molecular flexibility index (Phi) is 7.28. The third-order valence-corrected chi connectivity index (χ3v) is 7.68. The van der Waals surface area contributed by atoms with Crippen molar-refractivity contribution in [2.24, 2.45) is 0 Å². The van der Waals surface area contributed by atoms with Gasteiger partial charge in [0.2, 0.25) is 0 Å². The minimum atomic E-state index is -0.0114. The second kappa shape index (κ2) is 10.8. The van der Waals surface area contributed by atoms with Crippen LogP contribution in [-0.4, -0.2) is 32.7 Å². The van der Waals surface area contributed by atoms with Crippen molar-refractivity contribution < 1.29 is 0 Å². The quantitative estimate of drug-likeness (QED) is 0.207. The van der Waals surface area contributed by atoms with E-state index in [2.05, 4.69) is 108 Å². The molecule has 0 radical (unpaired) electrons. The first kappa shape index (κ1) is 25.0. The number of thiocarbonyl (C=S) groups is 1. The molecule has 5 rings (SSSR count). The topological polar surface area (TPSA) is 45.1 Å². The summed E-state index contributed by atoms with van der Waals surface area (Å²) < 4.78 is 2.41. The van der Waals surface area contributed by atoms with Gasteiger partial charge in [0.25, 0.3) is 0 Å². The average Bonchev–Trinajstić information content (AvgIpc) is 3.38. The van der Waals surface area contributed by atoms with E-state index in [1.54, 1.807) is 0 Å². The van der Waals surface area contributed by atoms with Gasteiger partial charge in [-0.2, -0.15) is 0 Å². The van der Waals surface area contributed by atoms with Crippen molar-refractivity contribution >= 4 is 23.0 Å². The van der Waals surface area contributed by atoms with Crippen LogP contribution in [0.4, 0.5) is 5.69 Å². The average molecular weight is 510 g/mol. The van der Waals surface area contributed by atoms with Crippen molar-refractivity contribution in [3.63, 3.8) is 0 Å². The van der Waals surface area contributed by atoms with Gasteiger partial charge in [0, 0.05) is 36.4 Å². The molecule has 5 nitrogen and oxygen atoms in total. The number of benzene rings is 2. The fraction of sp³-hybridized carbons (Fsp3) is 0.290. The van der Waals surface area contributed by atoms with Gasteiger partial charge >= 0.3 is 0 Å². The molecule has 3 heterocycles. The smallest absolute Gasteiger partial charge is 0.170 e. The summed E-state index contributed by atoms with van der Waals surface area (Å²) >= 11 is 5.92. The third-order valence-electron chi connectivity index (χ3n) is 7.33. The molecular formula is C31H35N5S. The van der Waals surface area contributed by atoms with Crippen LogP contribution in [0.2, 0.25) is 0 Å². The Morgan fingerprint density at radius 3 is 2.35 bits per heavy atom. The van der Waals surface area contributed by atoms with E-state index >= 15 is 0 Å². The van der Waals surface area contributed by atoms with E-state index in [1.165, 1.54) is 33.8 Å². The van der Waals surface area contributed by atoms with E-state index in [-0.39, 0.29) is 12.1 Å². The molecule has 0 spiro atoms. The van der Waals surface area contributed by atoms with E-state index in [9.17, 15) is 0 Å². The van der Waals surface area contributed by atoms with E-state index < -0.39 is 0 Å². The molecule has 1 saturated heterocycles. The summed E-state index contributed by atoms with van der Waals surface area (Å²) in [6, 6.07) is 25.4. The molecule has 1 aliphatic rings. The molecule has 0 saturated carbocycles. The lowest BCUT2D eigenvalue weighted by atomic mass is 9.96. The molecule has 0 unspecified atom stereocenters. The fourth-order valence-corrected chi connectivity index (χ4v) is 5.94. The van der Waals surface area contributed by atoms with Gasteiger partial charge in [0.15, 0.2) is 5.11 Å². The maximum atomic E-state index is 5.92. The molecule has 4 aromatic rings. The van der Waals surface area contributed by atoms with Gasteiger partial charge in [-0.25, -0.2) is 0 Å². The van der Waals surface area contributed by atoms with Crippen molar-refractivity contribution in [1.82, 2.24) is 19.8 Å². The zero-order valence-electron chi connectivity index (χ0n) is 22.0. The first-order valence-corrected chi connectivity index (χ1v) is 13.4. The predicted octanol–water partition coefficient (Wildman–Crippen LogP) is 6.58. The number of aromatic nitrogens is 2. The Labute approximate surface area is 225 Å². The zero-order chi connectivity index (χ0) is 25.9. The predicted molar refractivity (Wildman–Crippen MR) is 156 cm³/mol. The van der Waals surface area contributed by atoms with Gasteiger partial charge in [-0.15, -0.1) is 0 Å². The molecule has 2 aromatic heterocycles. The normalized spacial score (nSPS) is 17.2. The van der Waals surface area contributed by atoms with Crippen LogP contribution in [0.1, 0.15) is 52.3 Å². The molecule has 0 amide bonds.